The zero-order valence-electron chi connectivity index (χ0n) is 12.3. The molecule has 0 aromatic heterocycles. The van der Waals surface area contributed by atoms with Gasteiger partial charge in [0.2, 0.25) is 15.9 Å². The Morgan fingerprint density at radius 1 is 1.24 bits per heavy atom. The Morgan fingerprint density at radius 2 is 1.95 bits per heavy atom. The summed E-state index contributed by atoms with van der Waals surface area (Å²) in [6.45, 7) is 4.82. The molecule has 21 heavy (non-hydrogen) atoms. The van der Waals surface area contributed by atoms with Gasteiger partial charge in [-0.1, -0.05) is 6.92 Å². The van der Waals surface area contributed by atoms with Crippen LogP contribution in [-0.2, 0) is 14.8 Å². The number of carbonyl (C=O) groups is 1. The van der Waals surface area contributed by atoms with Crippen LogP contribution >= 0.6 is 0 Å². The molecule has 5 N–H and O–H groups in total. The van der Waals surface area contributed by atoms with Gasteiger partial charge in [0.1, 0.15) is 0 Å². The average Bonchev–Trinajstić information content (AvgIpc) is 2.41. The Bertz CT molecular complexity index is 587. The number of benzene rings is 1. The van der Waals surface area contributed by atoms with Crippen molar-refractivity contribution in [2.45, 2.75) is 25.2 Å². The van der Waals surface area contributed by atoms with Crippen molar-refractivity contribution in [1.29, 1.82) is 0 Å². The summed E-state index contributed by atoms with van der Waals surface area (Å²) in [4.78, 5) is 11.5. The van der Waals surface area contributed by atoms with Gasteiger partial charge in [-0.05, 0) is 25.1 Å². The van der Waals surface area contributed by atoms with Gasteiger partial charge in [-0.2, -0.15) is 0 Å². The van der Waals surface area contributed by atoms with Crippen molar-refractivity contribution < 1.29 is 13.2 Å². The lowest BCUT2D eigenvalue weighted by Crippen LogP contribution is -2.25. The van der Waals surface area contributed by atoms with Gasteiger partial charge in [0.15, 0.2) is 0 Å². The average molecular weight is 314 g/mol. The summed E-state index contributed by atoms with van der Waals surface area (Å²) >= 11 is 0. The fourth-order valence-corrected chi connectivity index (χ4v) is 2.79. The number of sulfonamides is 1. The quantitative estimate of drug-likeness (QED) is 0.522. The number of rotatable bonds is 8. The molecule has 1 amide bonds. The monoisotopic (exact) mass is 314 g/mol. The number of hydrogen-bond acceptors (Lipinski definition) is 5. The van der Waals surface area contributed by atoms with E-state index in [1.807, 2.05) is 6.92 Å². The third-order valence-corrected chi connectivity index (χ3v) is 4.25. The molecule has 118 valence electrons. The maximum absolute atomic E-state index is 11.9. The van der Waals surface area contributed by atoms with Gasteiger partial charge < -0.3 is 16.4 Å². The lowest BCUT2D eigenvalue weighted by Gasteiger charge is -2.12. The minimum atomic E-state index is -3.52. The first-order valence-corrected chi connectivity index (χ1v) is 8.28. The molecular formula is C13H22N4O3S. The molecule has 1 aromatic carbocycles. The minimum Gasteiger partial charge on any atom is -0.397 e. The SMILES string of the molecule is CCNC(=O)CCNc1cc(S(=O)(=O)NCC)ccc1N. The van der Waals surface area contributed by atoms with Crippen LogP contribution < -0.4 is 21.1 Å². The van der Waals surface area contributed by atoms with Gasteiger partial charge in [-0.3, -0.25) is 4.79 Å². The number of nitrogens with one attached hydrogen (secondary N) is 3. The molecule has 0 saturated heterocycles. The van der Waals surface area contributed by atoms with Crippen LogP contribution in [0.2, 0.25) is 0 Å². The van der Waals surface area contributed by atoms with Crippen LogP contribution in [0, 0.1) is 0 Å². The van der Waals surface area contributed by atoms with Crippen LogP contribution in [-0.4, -0.2) is 34.0 Å². The van der Waals surface area contributed by atoms with Gasteiger partial charge in [0.05, 0.1) is 16.3 Å². The summed E-state index contributed by atoms with van der Waals surface area (Å²) in [5.74, 6) is -0.0694. The van der Waals surface area contributed by atoms with Gasteiger partial charge in [0, 0.05) is 26.1 Å². The Balaban J connectivity index is 2.77. The van der Waals surface area contributed by atoms with Crippen LogP contribution in [0.4, 0.5) is 11.4 Å². The number of anilines is 2. The molecular weight excluding hydrogens is 292 g/mol. The summed E-state index contributed by atoms with van der Waals surface area (Å²) in [6.07, 6.45) is 0.289. The molecule has 0 radical (unpaired) electrons. The predicted molar refractivity (Wildman–Crippen MR) is 83.5 cm³/mol. The fourth-order valence-electron chi connectivity index (χ4n) is 1.73. The van der Waals surface area contributed by atoms with E-state index in [2.05, 4.69) is 15.4 Å². The third kappa shape index (κ3) is 5.24. The molecule has 0 aliphatic rings. The van der Waals surface area contributed by atoms with Gasteiger partial charge >= 0.3 is 0 Å². The van der Waals surface area contributed by atoms with Crippen LogP contribution in [0.3, 0.4) is 0 Å². The molecule has 1 rings (SSSR count). The van der Waals surface area contributed by atoms with E-state index in [4.69, 9.17) is 5.73 Å². The van der Waals surface area contributed by atoms with Gasteiger partial charge in [-0.15, -0.1) is 0 Å². The number of nitrogens with two attached hydrogens (primary N) is 1. The summed E-state index contributed by atoms with van der Waals surface area (Å²) < 4.78 is 26.3. The molecule has 1 aromatic rings. The topological polar surface area (TPSA) is 113 Å². The number of amides is 1. The third-order valence-electron chi connectivity index (χ3n) is 2.71. The summed E-state index contributed by atoms with van der Waals surface area (Å²) in [5, 5.41) is 5.66. The highest BCUT2D eigenvalue weighted by molar-refractivity contribution is 7.89. The first kappa shape index (κ1) is 17.3. The second-order valence-corrected chi connectivity index (χ2v) is 6.15. The Kier molecular flexibility index (Phi) is 6.44. The van der Waals surface area contributed by atoms with E-state index >= 15 is 0 Å². The molecule has 0 atom stereocenters. The number of carbonyl (C=O) groups excluding carboxylic acids is 1. The molecule has 0 heterocycles. The maximum atomic E-state index is 11.9. The molecule has 0 bridgehead atoms. The Hall–Kier alpha value is -1.80. The van der Waals surface area contributed by atoms with E-state index in [0.29, 0.717) is 31.0 Å². The molecule has 0 fully saturated rings. The number of hydrogen-bond donors (Lipinski definition) is 4. The van der Waals surface area contributed by atoms with Crippen molar-refractivity contribution in [1.82, 2.24) is 10.0 Å². The van der Waals surface area contributed by atoms with E-state index in [1.165, 1.54) is 18.2 Å². The second kappa shape index (κ2) is 7.84. The molecule has 8 heteroatoms. The summed E-state index contributed by atoms with van der Waals surface area (Å²) in [5.41, 5.74) is 6.73. The van der Waals surface area contributed by atoms with Crippen LogP contribution in [0.25, 0.3) is 0 Å². The van der Waals surface area contributed by atoms with E-state index in [1.54, 1.807) is 6.92 Å². The van der Waals surface area contributed by atoms with Crippen molar-refractivity contribution in [3.63, 3.8) is 0 Å². The summed E-state index contributed by atoms with van der Waals surface area (Å²) in [6, 6.07) is 4.44. The van der Waals surface area contributed by atoms with Gasteiger partial charge in [-0.25, -0.2) is 13.1 Å². The van der Waals surface area contributed by atoms with Crippen LogP contribution in [0.1, 0.15) is 20.3 Å². The largest absolute Gasteiger partial charge is 0.397 e. The maximum Gasteiger partial charge on any atom is 0.240 e. The van der Waals surface area contributed by atoms with E-state index in [0.717, 1.165) is 0 Å². The zero-order valence-corrected chi connectivity index (χ0v) is 13.1. The predicted octanol–water partition coefficient (Wildman–Crippen LogP) is 0.505. The van der Waals surface area contributed by atoms with Crippen LogP contribution in [0.15, 0.2) is 23.1 Å². The van der Waals surface area contributed by atoms with Crippen molar-refractivity contribution >= 4 is 27.3 Å². The fraction of sp³-hybridized carbons (Fsp3) is 0.462. The smallest absolute Gasteiger partial charge is 0.240 e. The highest BCUT2D eigenvalue weighted by atomic mass is 32.2. The van der Waals surface area contributed by atoms with E-state index in [9.17, 15) is 13.2 Å². The number of nitrogen functional groups attached to an aromatic ring is 1. The second-order valence-electron chi connectivity index (χ2n) is 4.38. The van der Waals surface area contributed by atoms with E-state index < -0.39 is 10.0 Å². The summed E-state index contributed by atoms with van der Waals surface area (Å²) in [7, 11) is -3.52. The molecule has 0 spiro atoms. The first-order valence-electron chi connectivity index (χ1n) is 6.80. The molecule has 0 unspecified atom stereocenters. The van der Waals surface area contributed by atoms with Crippen LogP contribution in [0.5, 0.6) is 0 Å². The van der Waals surface area contributed by atoms with Crippen molar-refractivity contribution in [3.05, 3.63) is 18.2 Å². The highest BCUT2D eigenvalue weighted by Gasteiger charge is 2.14. The highest BCUT2D eigenvalue weighted by Crippen LogP contribution is 2.22. The first-order chi connectivity index (χ1) is 9.90. The lowest BCUT2D eigenvalue weighted by molar-refractivity contribution is -0.120. The normalized spacial score (nSPS) is 11.1. The van der Waals surface area contributed by atoms with Gasteiger partial charge in [0.25, 0.3) is 0 Å². The molecule has 0 aliphatic carbocycles. The Labute approximate surface area is 125 Å². The molecule has 0 saturated carbocycles. The minimum absolute atomic E-state index is 0.0694. The lowest BCUT2D eigenvalue weighted by atomic mass is 10.2. The Morgan fingerprint density at radius 3 is 2.57 bits per heavy atom. The van der Waals surface area contributed by atoms with Crippen molar-refractivity contribution in [3.8, 4) is 0 Å². The standard InChI is InChI=1S/C13H22N4O3S/c1-3-15-13(18)7-8-16-12-9-10(5-6-11(12)14)21(19,20)17-4-2/h5-6,9,16-17H,3-4,7-8,14H2,1-2H3,(H,15,18). The zero-order chi connectivity index (χ0) is 15.9. The van der Waals surface area contributed by atoms with E-state index in [-0.39, 0.29) is 17.2 Å². The molecule has 0 aliphatic heterocycles. The van der Waals surface area contributed by atoms with Crippen molar-refractivity contribution in [2.24, 2.45) is 0 Å². The molecule has 7 nitrogen and oxygen atoms in total. The van der Waals surface area contributed by atoms with Crippen molar-refractivity contribution in [2.75, 3.05) is 30.7 Å².